The molecule has 0 spiro atoms. The van der Waals surface area contributed by atoms with Crippen molar-refractivity contribution in [2.45, 2.75) is 38.3 Å². The minimum atomic E-state index is 0.181. The van der Waals surface area contributed by atoms with Gasteiger partial charge < -0.3 is 4.90 Å². The van der Waals surface area contributed by atoms with E-state index in [0.717, 1.165) is 30.4 Å². The molecule has 1 aliphatic carbocycles. The van der Waals surface area contributed by atoms with Crippen molar-refractivity contribution < 1.29 is 0 Å². The first-order valence-electron chi connectivity index (χ1n) is 6.62. The summed E-state index contributed by atoms with van der Waals surface area (Å²) >= 11 is 5.35. The van der Waals surface area contributed by atoms with E-state index in [4.69, 9.17) is 12.2 Å². The third-order valence-corrected chi connectivity index (χ3v) is 4.49. The van der Waals surface area contributed by atoms with E-state index in [2.05, 4.69) is 45.5 Å². The molecule has 0 atom stereocenters. The van der Waals surface area contributed by atoms with E-state index >= 15 is 0 Å². The lowest BCUT2D eigenvalue weighted by molar-refractivity contribution is 0.137. The fourth-order valence-corrected chi connectivity index (χ4v) is 2.87. The third-order valence-electron chi connectivity index (χ3n) is 4.20. The number of piperazine rings is 1. The third kappa shape index (κ3) is 1.97. The van der Waals surface area contributed by atoms with Gasteiger partial charge in [-0.15, -0.1) is 5.10 Å². The zero-order chi connectivity index (χ0) is 12.9. The van der Waals surface area contributed by atoms with Gasteiger partial charge in [0.25, 0.3) is 0 Å². The van der Waals surface area contributed by atoms with Gasteiger partial charge in [0, 0.05) is 31.2 Å². The van der Waals surface area contributed by atoms with Gasteiger partial charge in [0.2, 0.25) is 5.95 Å². The van der Waals surface area contributed by atoms with Gasteiger partial charge in [-0.25, -0.2) is 5.10 Å². The predicted octanol–water partition coefficient (Wildman–Crippen LogP) is 1.81. The van der Waals surface area contributed by atoms with Crippen molar-refractivity contribution in [3.8, 4) is 0 Å². The highest BCUT2D eigenvalue weighted by atomic mass is 32.1. The van der Waals surface area contributed by atoms with Gasteiger partial charge in [-0.2, -0.15) is 0 Å². The van der Waals surface area contributed by atoms with E-state index in [9.17, 15) is 0 Å². The summed E-state index contributed by atoms with van der Waals surface area (Å²) in [6.07, 6.45) is 2.47. The van der Waals surface area contributed by atoms with Gasteiger partial charge in [0.05, 0.1) is 0 Å². The van der Waals surface area contributed by atoms with E-state index in [1.807, 2.05) is 0 Å². The number of hydrogen-bond acceptors (Lipinski definition) is 4. The van der Waals surface area contributed by atoms with E-state index < -0.39 is 0 Å². The molecule has 1 aromatic rings. The lowest BCUT2D eigenvalue weighted by atomic mass is 10.0. The molecule has 2 aliphatic rings. The average Bonchev–Trinajstić information content (AvgIpc) is 3.06. The van der Waals surface area contributed by atoms with Gasteiger partial charge in [-0.05, 0) is 46.0 Å². The van der Waals surface area contributed by atoms with Crippen molar-refractivity contribution >= 4 is 18.2 Å². The normalized spacial score (nSPS) is 24.5. The Labute approximate surface area is 113 Å². The number of likely N-dealkylation sites (N-methyl/N-ethyl adjacent to an activating group) is 1. The Morgan fingerprint density at radius 3 is 2.67 bits per heavy atom. The Balaban J connectivity index is 1.89. The van der Waals surface area contributed by atoms with E-state index in [-0.39, 0.29) is 5.54 Å². The van der Waals surface area contributed by atoms with Crippen LogP contribution in [0.1, 0.15) is 32.7 Å². The maximum absolute atomic E-state index is 5.35. The highest BCUT2D eigenvalue weighted by Gasteiger charge is 2.35. The van der Waals surface area contributed by atoms with Crippen molar-refractivity contribution in [2.24, 2.45) is 0 Å². The van der Waals surface area contributed by atoms with Crippen LogP contribution in [0.2, 0.25) is 0 Å². The van der Waals surface area contributed by atoms with Crippen molar-refractivity contribution in [1.29, 1.82) is 0 Å². The first-order chi connectivity index (χ1) is 8.49. The zero-order valence-corrected chi connectivity index (χ0v) is 12.1. The van der Waals surface area contributed by atoms with Crippen LogP contribution in [0.3, 0.4) is 0 Å². The minimum Gasteiger partial charge on any atom is -0.338 e. The van der Waals surface area contributed by atoms with Crippen molar-refractivity contribution in [3.05, 3.63) is 4.77 Å². The zero-order valence-electron chi connectivity index (χ0n) is 11.3. The molecule has 3 rings (SSSR count). The van der Waals surface area contributed by atoms with E-state index in [1.54, 1.807) is 0 Å². The van der Waals surface area contributed by atoms with Crippen LogP contribution in [-0.2, 0) is 0 Å². The number of aromatic nitrogens is 3. The molecule has 2 heterocycles. The van der Waals surface area contributed by atoms with Gasteiger partial charge in [-0.1, -0.05) is 0 Å². The van der Waals surface area contributed by atoms with Gasteiger partial charge in [-0.3, -0.25) is 9.47 Å². The Hall–Kier alpha value is -0.880. The molecule has 100 valence electrons. The smallest absolute Gasteiger partial charge is 0.226 e. The van der Waals surface area contributed by atoms with E-state index in [0.29, 0.717) is 6.04 Å². The molecule has 6 heteroatoms. The maximum Gasteiger partial charge on any atom is 0.226 e. The first kappa shape index (κ1) is 12.2. The Morgan fingerprint density at radius 2 is 2.06 bits per heavy atom. The second-order valence-corrected chi connectivity index (χ2v) is 6.47. The number of H-pyrrole nitrogens is 1. The molecule has 1 N–H and O–H groups in total. The molecule has 0 bridgehead atoms. The number of rotatable bonds is 2. The summed E-state index contributed by atoms with van der Waals surface area (Å²) in [6, 6.07) is 0.578. The number of nitrogens with one attached hydrogen (secondary N) is 1. The van der Waals surface area contributed by atoms with Crippen molar-refractivity contribution in [2.75, 3.05) is 31.6 Å². The van der Waals surface area contributed by atoms with Crippen molar-refractivity contribution in [1.82, 2.24) is 19.7 Å². The number of aromatic amines is 1. The molecule has 0 aromatic carbocycles. The van der Waals surface area contributed by atoms with E-state index in [1.165, 1.54) is 12.8 Å². The highest BCUT2D eigenvalue weighted by molar-refractivity contribution is 7.71. The molecule has 2 fully saturated rings. The molecule has 1 saturated heterocycles. The van der Waals surface area contributed by atoms with Gasteiger partial charge >= 0.3 is 0 Å². The van der Waals surface area contributed by atoms with Crippen LogP contribution in [0.15, 0.2) is 0 Å². The van der Waals surface area contributed by atoms with Gasteiger partial charge in [0.1, 0.15) is 0 Å². The molecule has 1 aliphatic heterocycles. The lowest BCUT2D eigenvalue weighted by Gasteiger charge is -2.45. The summed E-state index contributed by atoms with van der Waals surface area (Å²) in [5.41, 5.74) is 0.181. The van der Waals surface area contributed by atoms with Crippen LogP contribution >= 0.6 is 12.2 Å². The monoisotopic (exact) mass is 267 g/mol. The van der Waals surface area contributed by atoms with Crippen LogP contribution in [0.4, 0.5) is 5.95 Å². The fourth-order valence-electron chi connectivity index (χ4n) is 2.59. The molecule has 0 unspecified atom stereocenters. The van der Waals surface area contributed by atoms with Crippen LogP contribution < -0.4 is 4.90 Å². The number of hydrogen-bond donors (Lipinski definition) is 1. The summed E-state index contributed by atoms with van der Waals surface area (Å²) in [5.74, 6) is 1.03. The molecule has 5 nitrogen and oxygen atoms in total. The first-order valence-corrected chi connectivity index (χ1v) is 7.03. The molecule has 1 aromatic heterocycles. The Kier molecular flexibility index (Phi) is 2.75. The van der Waals surface area contributed by atoms with Gasteiger partial charge in [0.15, 0.2) is 4.77 Å². The summed E-state index contributed by atoms with van der Waals surface area (Å²) < 4.78 is 2.97. The Bertz CT molecular complexity index is 499. The SMILES string of the molecule is CN1CCN(c2n[nH]c(=S)n2C2CC2)CC1(C)C. The maximum atomic E-state index is 5.35. The topological polar surface area (TPSA) is 40.1 Å². The standard InChI is InChI=1S/C12H21N5S/c1-12(2)8-16(7-6-15(12)3)10-13-14-11(18)17(10)9-4-5-9/h9H,4-8H2,1-3H3,(H,14,18). The van der Waals surface area contributed by atoms with Crippen molar-refractivity contribution in [3.63, 3.8) is 0 Å². The second kappa shape index (κ2) is 4.06. The molecule has 1 saturated carbocycles. The lowest BCUT2D eigenvalue weighted by Crippen LogP contribution is -2.58. The summed E-state index contributed by atoms with van der Waals surface area (Å²) in [4.78, 5) is 4.77. The minimum absolute atomic E-state index is 0.181. The number of nitrogens with zero attached hydrogens (tertiary/aromatic N) is 4. The largest absolute Gasteiger partial charge is 0.338 e. The van der Waals surface area contributed by atoms with Crippen LogP contribution in [0.25, 0.3) is 0 Å². The quantitative estimate of drug-likeness (QED) is 0.830. The second-order valence-electron chi connectivity index (χ2n) is 6.09. The molecular weight excluding hydrogens is 246 g/mol. The Morgan fingerprint density at radius 1 is 1.33 bits per heavy atom. The molecule has 18 heavy (non-hydrogen) atoms. The predicted molar refractivity (Wildman–Crippen MR) is 74.6 cm³/mol. The molecule has 0 amide bonds. The highest BCUT2D eigenvalue weighted by Crippen LogP contribution is 2.38. The summed E-state index contributed by atoms with van der Waals surface area (Å²) in [7, 11) is 2.19. The molecular formula is C12H21N5S. The van der Waals surface area contributed by atoms with Crippen LogP contribution in [-0.4, -0.2) is 51.9 Å². The van der Waals surface area contributed by atoms with Crippen LogP contribution in [0, 0.1) is 4.77 Å². The number of anilines is 1. The van der Waals surface area contributed by atoms with Crippen LogP contribution in [0.5, 0.6) is 0 Å². The summed E-state index contributed by atoms with van der Waals surface area (Å²) in [6.45, 7) is 7.64. The summed E-state index contributed by atoms with van der Waals surface area (Å²) in [5, 5.41) is 7.40. The molecule has 0 radical (unpaired) electrons. The average molecular weight is 267 g/mol. The fraction of sp³-hybridized carbons (Fsp3) is 0.833.